The summed E-state index contributed by atoms with van der Waals surface area (Å²) < 4.78 is 0. The Morgan fingerprint density at radius 3 is 2.90 bits per heavy atom. The van der Waals surface area contributed by atoms with E-state index in [-0.39, 0.29) is 0 Å². The number of aryl methyl sites for hydroxylation is 1. The van der Waals surface area contributed by atoms with Crippen molar-refractivity contribution in [2.24, 2.45) is 0 Å². The van der Waals surface area contributed by atoms with Crippen molar-refractivity contribution in [3.63, 3.8) is 0 Å². The number of benzene rings is 1. The largest absolute Gasteiger partial charge is 0.309 e. The fraction of sp³-hybridized carbons (Fsp3) is 0.684. The van der Waals surface area contributed by atoms with Gasteiger partial charge < -0.3 is 5.32 Å². The lowest BCUT2D eigenvalue weighted by atomic mass is 9.82. The Morgan fingerprint density at radius 1 is 1.14 bits per heavy atom. The molecule has 2 fully saturated rings. The predicted molar refractivity (Wildman–Crippen MR) is 87.8 cm³/mol. The van der Waals surface area contributed by atoms with Gasteiger partial charge in [0.1, 0.15) is 0 Å². The van der Waals surface area contributed by atoms with Gasteiger partial charge in [0.15, 0.2) is 0 Å². The maximum Gasteiger partial charge on any atom is 0.0309 e. The molecule has 1 aromatic carbocycles. The van der Waals surface area contributed by atoms with Crippen LogP contribution >= 0.6 is 0 Å². The van der Waals surface area contributed by atoms with Crippen LogP contribution in [0.2, 0.25) is 0 Å². The number of nitrogens with zero attached hydrogens (tertiary/aromatic N) is 1. The quantitative estimate of drug-likeness (QED) is 0.896. The van der Waals surface area contributed by atoms with E-state index in [1.807, 2.05) is 0 Å². The van der Waals surface area contributed by atoms with E-state index in [9.17, 15) is 0 Å². The van der Waals surface area contributed by atoms with Crippen molar-refractivity contribution in [1.82, 2.24) is 10.2 Å². The third-order valence-corrected chi connectivity index (χ3v) is 5.99. The highest BCUT2D eigenvalue weighted by Gasteiger charge is 2.38. The Balaban J connectivity index is 1.46. The Hall–Kier alpha value is -0.860. The molecule has 2 heteroatoms. The molecule has 1 atom stereocenters. The van der Waals surface area contributed by atoms with Gasteiger partial charge in [0.05, 0.1) is 0 Å². The average Bonchev–Trinajstić information content (AvgIpc) is 2.95. The van der Waals surface area contributed by atoms with Crippen molar-refractivity contribution in [3.05, 3.63) is 35.4 Å². The van der Waals surface area contributed by atoms with Gasteiger partial charge in [0.25, 0.3) is 0 Å². The number of nitrogens with one attached hydrogen (secondary N) is 1. The maximum absolute atomic E-state index is 3.84. The highest BCUT2D eigenvalue weighted by Crippen LogP contribution is 2.35. The standard InChI is InChI=1S/C19H28N2/c1-2-9-18-16(6-1)7-5-8-17(18)14-21-13-12-20-19(15-21)10-3-4-11-19/h1-2,6,9,17,20H,3-5,7-8,10-15H2. The second-order valence-electron chi connectivity index (χ2n) is 7.44. The average molecular weight is 284 g/mol. The van der Waals surface area contributed by atoms with Crippen molar-refractivity contribution in [3.8, 4) is 0 Å². The van der Waals surface area contributed by atoms with Crippen molar-refractivity contribution in [2.75, 3.05) is 26.2 Å². The van der Waals surface area contributed by atoms with Crippen LogP contribution in [-0.2, 0) is 6.42 Å². The van der Waals surface area contributed by atoms with E-state index in [0.717, 1.165) is 5.92 Å². The molecule has 0 bridgehead atoms. The molecule has 0 aromatic heterocycles. The second kappa shape index (κ2) is 5.73. The molecule has 0 amide bonds. The number of fused-ring (bicyclic) bond motifs is 1. The first-order chi connectivity index (χ1) is 10.3. The van der Waals surface area contributed by atoms with Crippen LogP contribution in [0.3, 0.4) is 0 Å². The molecule has 2 nitrogen and oxygen atoms in total. The van der Waals surface area contributed by atoms with Crippen molar-refractivity contribution < 1.29 is 0 Å². The summed E-state index contributed by atoms with van der Waals surface area (Å²) in [4.78, 5) is 2.76. The molecule has 1 unspecified atom stereocenters. The molecule has 4 rings (SSSR count). The molecule has 114 valence electrons. The van der Waals surface area contributed by atoms with E-state index < -0.39 is 0 Å². The summed E-state index contributed by atoms with van der Waals surface area (Å²) in [5.74, 6) is 0.770. The molecule has 1 aliphatic heterocycles. The minimum Gasteiger partial charge on any atom is -0.309 e. The molecule has 1 saturated heterocycles. The van der Waals surface area contributed by atoms with Gasteiger partial charge in [-0.3, -0.25) is 4.90 Å². The van der Waals surface area contributed by atoms with Gasteiger partial charge in [0.2, 0.25) is 0 Å². The van der Waals surface area contributed by atoms with Gasteiger partial charge in [-0.25, -0.2) is 0 Å². The lowest BCUT2D eigenvalue weighted by Gasteiger charge is -2.43. The SMILES string of the molecule is c1ccc2c(c1)CCCC2CN1CCNC2(CCCC2)C1. The van der Waals surface area contributed by atoms with E-state index >= 15 is 0 Å². The molecule has 1 spiro atoms. The van der Waals surface area contributed by atoms with Gasteiger partial charge in [-0.1, -0.05) is 37.1 Å². The van der Waals surface area contributed by atoms with Gasteiger partial charge in [0, 0.05) is 31.7 Å². The second-order valence-corrected chi connectivity index (χ2v) is 7.44. The smallest absolute Gasteiger partial charge is 0.0309 e. The molecule has 0 radical (unpaired) electrons. The maximum atomic E-state index is 3.84. The van der Waals surface area contributed by atoms with Gasteiger partial charge in [-0.15, -0.1) is 0 Å². The molecule has 1 aromatic rings. The summed E-state index contributed by atoms with van der Waals surface area (Å²) >= 11 is 0. The fourth-order valence-corrected chi connectivity index (χ4v) is 4.94. The summed E-state index contributed by atoms with van der Waals surface area (Å²) in [6.45, 7) is 4.99. The molecule has 1 saturated carbocycles. The Labute approximate surface area is 128 Å². The van der Waals surface area contributed by atoms with Crippen LogP contribution in [0.5, 0.6) is 0 Å². The summed E-state index contributed by atoms with van der Waals surface area (Å²) in [5.41, 5.74) is 3.72. The summed E-state index contributed by atoms with van der Waals surface area (Å²) in [6.07, 6.45) is 9.68. The highest BCUT2D eigenvalue weighted by atomic mass is 15.2. The molecule has 21 heavy (non-hydrogen) atoms. The molecular weight excluding hydrogens is 256 g/mol. The third-order valence-electron chi connectivity index (χ3n) is 5.99. The van der Waals surface area contributed by atoms with Crippen LogP contribution in [0.1, 0.15) is 55.6 Å². The van der Waals surface area contributed by atoms with E-state index in [1.165, 1.54) is 71.1 Å². The lowest BCUT2D eigenvalue weighted by Crippen LogP contribution is -2.59. The number of hydrogen-bond acceptors (Lipinski definition) is 2. The van der Waals surface area contributed by atoms with E-state index in [1.54, 1.807) is 11.1 Å². The van der Waals surface area contributed by atoms with Crippen LogP contribution in [0.15, 0.2) is 24.3 Å². The molecule has 3 aliphatic rings. The first kappa shape index (κ1) is 13.8. The number of piperazine rings is 1. The van der Waals surface area contributed by atoms with Crippen LogP contribution in [-0.4, -0.2) is 36.6 Å². The van der Waals surface area contributed by atoms with Crippen molar-refractivity contribution >= 4 is 0 Å². The van der Waals surface area contributed by atoms with Gasteiger partial charge in [-0.05, 0) is 49.1 Å². The van der Waals surface area contributed by atoms with E-state index in [4.69, 9.17) is 0 Å². The highest BCUT2D eigenvalue weighted by molar-refractivity contribution is 5.32. The van der Waals surface area contributed by atoms with Gasteiger partial charge >= 0.3 is 0 Å². The molecular formula is C19H28N2. The first-order valence-corrected chi connectivity index (χ1v) is 8.90. The van der Waals surface area contributed by atoms with Crippen LogP contribution in [0.25, 0.3) is 0 Å². The number of rotatable bonds is 2. The van der Waals surface area contributed by atoms with E-state index in [2.05, 4.69) is 34.5 Å². The monoisotopic (exact) mass is 284 g/mol. The summed E-state index contributed by atoms with van der Waals surface area (Å²) in [6, 6.07) is 9.16. The normalized spacial score (nSPS) is 28.7. The first-order valence-electron chi connectivity index (χ1n) is 8.90. The summed E-state index contributed by atoms with van der Waals surface area (Å²) in [7, 11) is 0. The zero-order chi connectivity index (χ0) is 14.1. The van der Waals surface area contributed by atoms with Crippen LogP contribution in [0.4, 0.5) is 0 Å². The van der Waals surface area contributed by atoms with Crippen LogP contribution in [0, 0.1) is 0 Å². The topological polar surface area (TPSA) is 15.3 Å². The molecule has 1 N–H and O–H groups in total. The lowest BCUT2D eigenvalue weighted by molar-refractivity contribution is 0.126. The third kappa shape index (κ3) is 2.76. The predicted octanol–water partition coefficient (Wildman–Crippen LogP) is 3.32. The number of hydrogen-bond donors (Lipinski definition) is 1. The van der Waals surface area contributed by atoms with Crippen LogP contribution < -0.4 is 5.32 Å². The minimum atomic E-state index is 0.465. The zero-order valence-corrected chi connectivity index (χ0v) is 13.1. The Kier molecular flexibility index (Phi) is 3.76. The minimum absolute atomic E-state index is 0.465. The Bertz CT molecular complexity index is 490. The fourth-order valence-electron chi connectivity index (χ4n) is 4.94. The molecule has 1 heterocycles. The van der Waals surface area contributed by atoms with Crippen molar-refractivity contribution in [1.29, 1.82) is 0 Å². The molecule has 2 aliphatic carbocycles. The Morgan fingerprint density at radius 2 is 2.00 bits per heavy atom. The zero-order valence-electron chi connectivity index (χ0n) is 13.1. The summed E-state index contributed by atoms with van der Waals surface area (Å²) in [5, 5.41) is 3.84. The van der Waals surface area contributed by atoms with E-state index in [0.29, 0.717) is 5.54 Å². The van der Waals surface area contributed by atoms with Gasteiger partial charge in [-0.2, -0.15) is 0 Å². The van der Waals surface area contributed by atoms with Crippen molar-refractivity contribution in [2.45, 2.75) is 56.4 Å².